The summed E-state index contributed by atoms with van der Waals surface area (Å²) in [5, 5.41) is 3.11. The number of nitrogens with one attached hydrogen (secondary N) is 1. The van der Waals surface area contributed by atoms with E-state index in [2.05, 4.69) is 22.8 Å². The van der Waals surface area contributed by atoms with E-state index in [1.54, 1.807) is 0 Å². The van der Waals surface area contributed by atoms with Crippen molar-refractivity contribution >= 4 is 18.5 Å². The summed E-state index contributed by atoms with van der Waals surface area (Å²) in [5.41, 5.74) is -0.207. The molecule has 0 aromatic rings. The van der Waals surface area contributed by atoms with Crippen molar-refractivity contribution in [3.63, 3.8) is 0 Å². The molecule has 74 valence electrons. The predicted molar refractivity (Wildman–Crippen MR) is 54.7 cm³/mol. The Hall–Kier alpha value is -0.220. The minimum Gasteiger partial charge on any atom is -0.354 e. The van der Waals surface area contributed by atoms with Gasteiger partial charge in [-0.1, -0.05) is 0 Å². The molecule has 2 unspecified atom stereocenters. The zero-order chi connectivity index (χ0) is 9.47. The molecule has 0 bridgehead atoms. The van der Waals surface area contributed by atoms with Crippen LogP contribution in [0.2, 0.25) is 0 Å². The zero-order valence-corrected chi connectivity index (χ0v) is 8.81. The van der Waals surface area contributed by atoms with E-state index in [1.807, 2.05) is 6.92 Å². The van der Waals surface area contributed by atoms with E-state index in [0.717, 1.165) is 32.4 Å². The molecular formula is C9H16N2OS. The Morgan fingerprint density at radius 2 is 2.38 bits per heavy atom. The van der Waals surface area contributed by atoms with Crippen LogP contribution in [-0.4, -0.2) is 34.8 Å². The maximum atomic E-state index is 11.7. The summed E-state index contributed by atoms with van der Waals surface area (Å²) >= 11 is 4.43. The lowest BCUT2D eigenvalue weighted by Gasteiger charge is -2.34. The van der Waals surface area contributed by atoms with Crippen molar-refractivity contribution in [1.82, 2.24) is 10.2 Å². The van der Waals surface area contributed by atoms with Gasteiger partial charge in [-0.2, -0.15) is 12.6 Å². The van der Waals surface area contributed by atoms with Crippen LogP contribution in [0.4, 0.5) is 0 Å². The van der Waals surface area contributed by atoms with E-state index >= 15 is 0 Å². The van der Waals surface area contributed by atoms with Crippen molar-refractivity contribution in [2.75, 3.05) is 13.1 Å². The molecule has 2 rings (SSSR count). The summed E-state index contributed by atoms with van der Waals surface area (Å²) in [4.78, 5) is 14.0. The normalized spacial score (nSPS) is 36.9. The van der Waals surface area contributed by atoms with Gasteiger partial charge in [0.25, 0.3) is 0 Å². The van der Waals surface area contributed by atoms with E-state index in [4.69, 9.17) is 0 Å². The first-order valence-electron chi connectivity index (χ1n) is 4.90. The minimum atomic E-state index is -0.207. The molecule has 1 N–H and O–H groups in total. The van der Waals surface area contributed by atoms with Gasteiger partial charge in [0.1, 0.15) is 5.54 Å². The zero-order valence-electron chi connectivity index (χ0n) is 7.92. The number of carbonyl (C=O) groups excluding carboxylic acids is 1. The van der Waals surface area contributed by atoms with Crippen LogP contribution < -0.4 is 5.32 Å². The third kappa shape index (κ3) is 1.27. The predicted octanol–water partition coefficient (Wildman–Crippen LogP) is 0.617. The van der Waals surface area contributed by atoms with E-state index in [-0.39, 0.29) is 16.8 Å². The van der Waals surface area contributed by atoms with Crippen molar-refractivity contribution in [2.45, 2.75) is 37.1 Å². The molecule has 0 aliphatic carbocycles. The Kier molecular flexibility index (Phi) is 2.28. The van der Waals surface area contributed by atoms with E-state index in [1.165, 1.54) is 0 Å². The summed E-state index contributed by atoms with van der Waals surface area (Å²) in [5.74, 6) is 0.214. The van der Waals surface area contributed by atoms with Crippen LogP contribution >= 0.6 is 12.6 Å². The summed E-state index contributed by atoms with van der Waals surface area (Å²) in [6, 6.07) is 0. The molecule has 0 saturated carbocycles. The molecule has 4 heteroatoms. The molecule has 1 spiro atoms. The van der Waals surface area contributed by atoms with Crippen molar-refractivity contribution in [2.24, 2.45) is 0 Å². The molecule has 0 aromatic carbocycles. The van der Waals surface area contributed by atoms with Gasteiger partial charge in [-0.15, -0.1) is 0 Å². The molecule has 2 fully saturated rings. The van der Waals surface area contributed by atoms with Gasteiger partial charge in [0.05, 0.1) is 5.37 Å². The molecule has 13 heavy (non-hydrogen) atoms. The number of hydrogen-bond donors (Lipinski definition) is 2. The average Bonchev–Trinajstić information content (AvgIpc) is 2.62. The van der Waals surface area contributed by atoms with Gasteiger partial charge >= 0.3 is 0 Å². The maximum Gasteiger partial charge on any atom is 0.240 e. The fourth-order valence-corrected chi connectivity index (χ4v) is 2.95. The highest BCUT2D eigenvalue weighted by Gasteiger charge is 2.50. The molecule has 0 radical (unpaired) electrons. The first kappa shape index (κ1) is 9.34. The Balaban J connectivity index is 2.24. The third-order valence-electron chi connectivity index (χ3n) is 3.24. The number of amides is 1. The molecule has 0 aromatic heterocycles. The maximum absolute atomic E-state index is 11.7. The van der Waals surface area contributed by atoms with Gasteiger partial charge in [0.15, 0.2) is 0 Å². The lowest BCUT2D eigenvalue weighted by molar-refractivity contribution is -0.128. The van der Waals surface area contributed by atoms with Crippen LogP contribution in [0.25, 0.3) is 0 Å². The van der Waals surface area contributed by atoms with Crippen molar-refractivity contribution in [1.29, 1.82) is 0 Å². The number of likely N-dealkylation sites (tertiary alicyclic amines) is 1. The smallest absolute Gasteiger partial charge is 0.240 e. The molecule has 2 aliphatic heterocycles. The first-order chi connectivity index (χ1) is 6.17. The molecular weight excluding hydrogens is 184 g/mol. The number of rotatable bonds is 1. The highest BCUT2D eigenvalue weighted by atomic mass is 32.1. The van der Waals surface area contributed by atoms with Crippen LogP contribution in [-0.2, 0) is 4.79 Å². The van der Waals surface area contributed by atoms with Crippen molar-refractivity contribution in [3.05, 3.63) is 0 Å². The second kappa shape index (κ2) is 3.17. The van der Waals surface area contributed by atoms with Crippen molar-refractivity contribution in [3.8, 4) is 0 Å². The topological polar surface area (TPSA) is 32.3 Å². The summed E-state index contributed by atoms with van der Waals surface area (Å²) in [7, 11) is 0. The standard InChI is InChI=1S/C9H16N2OS/c1-7(13)11-6-2-3-9(11)4-5-10-8(9)12/h7,13H,2-6H2,1H3,(H,10,12). The third-order valence-corrected chi connectivity index (χ3v) is 3.52. The second-order valence-corrected chi connectivity index (χ2v) is 4.71. The number of nitrogens with zero attached hydrogens (tertiary/aromatic N) is 1. The Labute approximate surface area is 84.3 Å². The average molecular weight is 200 g/mol. The monoisotopic (exact) mass is 200 g/mol. The number of carbonyl (C=O) groups is 1. The van der Waals surface area contributed by atoms with Gasteiger partial charge in [-0.3, -0.25) is 9.69 Å². The highest BCUT2D eigenvalue weighted by Crippen LogP contribution is 2.37. The molecule has 2 saturated heterocycles. The van der Waals surface area contributed by atoms with Gasteiger partial charge in [0.2, 0.25) is 5.91 Å². The summed E-state index contributed by atoms with van der Waals surface area (Å²) < 4.78 is 0. The Bertz CT molecular complexity index is 228. The quantitative estimate of drug-likeness (QED) is 0.608. The van der Waals surface area contributed by atoms with Crippen LogP contribution in [0, 0.1) is 0 Å². The van der Waals surface area contributed by atoms with Crippen LogP contribution in [0.5, 0.6) is 0 Å². The van der Waals surface area contributed by atoms with Gasteiger partial charge in [-0.25, -0.2) is 0 Å². The van der Waals surface area contributed by atoms with Crippen LogP contribution in [0.3, 0.4) is 0 Å². The van der Waals surface area contributed by atoms with Gasteiger partial charge < -0.3 is 5.32 Å². The SMILES string of the molecule is CC(S)N1CCCC12CCNC2=O. The largest absolute Gasteiger partial charge is 0.354 e. The molecule has 1 amide bonds. The fraction of sp³-hybridized carbons (Fsp3) is 0.889. The number of hydrogen-bond acceptors (Lipinski definition) is 3. The fourth-order valence-electron chi connectivity index (χ4n) is 2.62. The summed E-state index contributed by atoms with van der Waals surface area (Å²) in [6.45, 7) is 3.88. The molecule has 2 atom stereocenters. The molecule has 2 heterocycles. The van der Waals surface area contributed by atoms with Gasteiger partial charge in [0, 0.05) is 13.1 Å². The Morgan fingerprint density at radius 3 is 2.92 bits per heavy atom. The van der Waals surface area contributed by atoms with Crippen LogP contribution in [0.1, 0.15) is 26.2 Å². The van der Waals surface area contributed by atoms with E-state index in [0.29, 0.717) is 0 Å². The molecule has 3 nitrogen and oxygen atoms in total. The van der Waals surface area contributed by atoms with Crippen LogP contribution in [0.15, 0.2) is 0 Å². The number of thiol groups is 1. The van der Waals surface area contributed by atoms with E-state index in [9.17, 15) is 4.79 Å². The van der Waals surface area contributed by atoms with Gasteiger partial charge in [-0.05, 0) is 26.2 Å². The lowest BCUT2D eigenvalue weighted by Crippen LogP contribution is -2.51. The highest BCUT2D eigenvalue weighted by molar-refractivity contribution is 7.80. The first-order valence-corrected chi connectivity index (χ1v) is 5.41. The van der Waals surface area contributed by atoms with Crippen molar-refractivity contribution < 1.29 is 4.79 Å². The Morgan fingerprint density at radius 1 is 1.62 bits per heavy atom. The molecule has 2 aliphatic rings. The summed E-state index contributed by atoms with van der Waals surface area (Å²) in [6.07, 6.45) is 3.08. The van der Waals surface area contributed by atoms with E-state index < -0.39 is 0 Å². The second-order valence-electron chi connectivity index (χ2n) is 3.97. The lowest BCUT2D eigenvalue weighted by atomic mass is 9.94. The minimum absolute atomic E-state index is 0.186.